The molecule has 6 heteroatoms. The van der Waals surface area contributed by atoms with Crippen LogP contribution in [0, 0.1) is 0 Å². The third kappa shape index (κ3) is 4.98. The van der Waals surface area contributed by atoms with E-state index in [9.17, 15) is 14.7 Å². The highest BCUT2D eigenvalue weighted by Gasteiger charge is 2.21. The van der Waals surface area contributed by atoms with Crippen LogP contribution >= 0.6 is 23.2 Å². The molecular formula is C17H15Cl2NO3. The van der Waals surface area contributed by atoms with Gasteiger partial charge in [0.05, 0.1) is 6.42 Å². The Morgan fingerprint density at radius 2 is 1.61 bits per heavy atom. The molecule has 23 heavy (non-hydrogen) atoms. The molecule has 0 unspecified atom stereocenters. The number of carboxylic acid groups (broad SMARTS) is 1. The normalized spacial score (nSPS) is 11.7. The van der Waals surface area contributed by atoms with Gasteiger partial charge in [-0.25, -0.2) is 4.79 Å². The van der Waals surface area contributed by atoms with Gasteiger partial charge in [-0.15, -0.1) is 0 Å². The first-order chi connectivity index (χ1) is 11.0. The van der Waals surface area contributed by atoms with Crippen LogP contribution in [0.5, 0.6) is 0 Å². The van der Waals surface area contributed by atoms with Crippen molar-refractivity contribution in [3.8, 4) is 0 Å². The van der Waals surface area contributed by atoms with Gasteiger partial charge in [0.25, 0.3) is 0 Å². The maximum atomic E-state index is 12.1. The zero-order valence-electron chi connectivity index (χ0n) is 12.1. The molecule has 0 aliphatic heterocycles. The topological polar surface area (TPSA) is 66.4 Å². The van der Waals surface area contributed by atoms with E-state index in [0.717, 1.165) is 5.56 Å². The molecule has 0 fully saturated rings. The third-order valence-corrected chi connectivity index (χ3v) is 4.02. The number of carbonyl (C=O) groups excluding carboxylic acids is 1. The number of hydrogen-bond donors (Lipinski definition) is 2. The van der Waals surface area contributed by atoms with E-state index < -0.39 is 17.9 Å². The van der Waals surface area contributed by atoms with Crippen molar-refractivity contribution in [1.29, 1.82) is 0 Å². The molecule has 2 N–H and O–H groups in total. The van der Waals surface area contributed by atoms with Gasteiger partial charge in [-0.1, -0.05) is 59.6 Å². The molecule has 0 radical (unpaired) electrons. The molecular weight excluding hydrogens is 337 g/mol. The summed E-state index contributed by atoms with van der Waals surface area (Å²) >= 11 is 12.0. The summed E-state index contributed by atoms with van der Waals surface area (Å²) < 4.78 is 0. The van der Waals surface area contributed by atoms with Crippen LogP contribution in [-0.2, 0) is 22.4 Å². The van der Waals surface area contributed by atoms with Crippen LogP contribution < -0.4 is 5.32 Å². The van der Waals surface area contributed by atoms with E-state index >= 15 is 0 Å². The average Bonchev–Trinajstić information content (AvgIpc) is 2.51. The second kappa shape index (κ2) is 7.99. The summed E-state index contributed by atoms with van der Waals surface area (Å²) in [6, 6.07) is 13.0. The summed E-state index contributed by atoms with van der Waals surface area (Å²) in [7, 11) is 0. The molecule has 0 saturated heterocycles. The lowest BCUT2D eigenvalue weighted by Crippen LogP contribution is -2.43. The number of carbonyl (C=O) groups is 2. The van der Waals surface area contributed by atoms with Crippen LogP contribution in [0.2, 0.25) is 10.0 Å². The molecule has 1 atom stereocenters. The van der Waals surface area contributed by atoms with Crippen molar-refractivity contribution in [1.82, 2.24) is 5.32 Å². The first kappa shape index (κ1) is 17.3. The number of hydrogen-bond acceptors (Lipinski definition) is 2. The predicted molar refractivity (Wildman–Crippen MR) is 89.9 cm³/mol. The molecule has 1 amide bonds. The fourth-order valence-electron chi connectivity index (χ4n) is 2.16. The Morgan fingerprint density at radius 1 is 1.00 bits per heavy atom. The Labute approximate surface area is 144 Å². The lowest BCUT2D eigenvalue weighted by Gasteiger charge is -2.15. The van der Waals surface area contributed by atoms with Gasteiger partial charge < -0.3 is 10.4 Å². The van der Waals surface area contributed by atoms with E-state index in [4.69, 9.17) is 23.2 Å². The maximum Gasteiger partial charge on any atom is 0.326 e. The van der Waals surface area contributed by atoms with Gasteiger partial charge in [0.1, 0.15) is 6.04 Å². The molecule has 4 nitrogen and oxygen atoms in total. The van der Waals surface area contributed by atoms with Crippen LogP contribution in [0.4, 0.5) is 0 Å². The number of amides is 1. The number of carboxylic acids is 1. The Morgan fingerprint density at radius 3 is 2.17 bits per heavy atom. The third-order valence-electron chi connectivity index (χ3n) is 3.31. The van der Waals surface area contributed by atoms with Crippen molar-refractivity contribution in [2.75, 3.05) is 0 Å². The fourth-order valence-corrected chi connectivity index (χ4v) is 2.69. The van der Waals surface area contributed by atoms with Crippen molar-refractivity contribution in [2.45, 2.75) is 18.9 Å². The molecule has 0 saturated carbocycles. The van der Waals surface area contributed by atoms with E-state index in [2.05, 4.69) is 5.32 Å². The van der Waals surface area contributed by atoms with E-state index in [1.54, 1.807) is 18.2 Å². The Hall–Kier alpha value is -2.04. The van der Waals surface area contributed by atoms with E-state index in [-0.39, 0.29) is 12.8 Å². The van der Waals surface area contributed by atoms with E-state index in [1.165, 1.54) is 0 Å². The number of nitrogens with one attached hydrogen (secondary N) is 1. The highest BCUT2D eigenvalue weighted by Crippen LogP contribution is 2.24. The molecule has 2 rings (SSSR count). The molecule has 0 heterocycles. The van der Waals surface area contributed by atoms with Gasteiger partial charge >= 0.3 is 5.97 Å². The van der Waals surface area contributed by atoms with Gasteiger partial charge in [-0.3, -0.25) is 4.79 Å². The van der Waals surface area contributed by atoms with Crippen molar-refractivity contribution in [3.05, 3.63) is 69.7 Å². The van der Waals surface area contributed by atoms with E-state index in [0.29, 0.717) is 15.6 Å². The fraction of sp³-hybridized carbons (Fsp3) is 0.176. The zero-order valence-corrected chi connectivity index (χ0v) is 13.6. The minimum Gasteiger partial charge on any atom is -0.480 e. The first-order valence-corrected chi connectivity index (χ1v) is 7.72. The van der Waals surface area contributed by atoms with Gasteiger partial charge in [0, 0.05) is 16.5 Å². The summed E-state index contributed by atoms with van der Waals surface area (Å²) in [6.45, 7) is 0. The van der Waals surface area contributed by atoms with Gasteiger partial charge in [0.2, 0.25) is 5.91 Å². The van der Waals surface area contributed by atoms with Gasteiger partial charge in [-0.05, 0) is 23.3 Å². The zero-order chi connectivity index (χ0) is 16.8. The molecule has 0 aromatic heterocycles. The monoisotopic (exact) mass is 351 g/mol. The standard InChI is InChI=1S/C17H15Cl2NO3/c18-13-7-4-8-14(19)12(13)10-16(21)20-15(17(22)23)9-11-5-2-1-3-6-11/h1-8,15H,9-10H2,(H,20,21)(H,22,23)/t15-/m0/s1. The van der Waals surface area contributed by atoms with Crippen LogP contribution in [0.15, 0.2) is 48.5 Å². The first-order valence-electron chi connectivity index (χ1n) is 6.96. The average molecular weight is 352 g/mol. The molecule has 0 bridgehead atoms. The van der Waals surface area contributed by atoms with Crippen molar-refractivity contribution in [3.63, 3.8) is 0 Å². The molecule has 0 spiro atoms. The number of halogens is 2. The smallest absolute Gasteiger partial charge is 0.326 e. The summed E-state index contributed by atoms with van der Waals surface area (Å²) in [5.41, 5.74) is 1.31. The number of benzene rings is 2. The van der Waals surface area contributed by atoms with Gasteiger partial charge in [-0.2, -0.15) is 0 Å². The van der Waals surface area contributed by atoms with Crippen molar-refractivity contribution >= 4 is 35.1 Å². The maximum absolute atomic E-state index is 12.1. The van der Waals surface area contributed by atoms with Crippen LogP contribution in [-0.4, -0.2) is 23.0 Å². The SMILES string of the molecule is O=C(Cc1c(Cl)cccc1Cl)N[C@@H](Cc1ccccc1)C(=O)O. The second-order valence-electron chi connectivity index (χ2n) is 5.03. The highest BCUT2D eigenvalue weighted by atomic mass is 35.5. The quantitative estimate of drug-likeness (QED) is 0.838. The minimum absolute atomic E-state index is 0.0723. The number of rotatable bonds is 6. The van der Waals surface area contributed by atoms with E-state index in [1.807, 2.05) is 30.3 Å². The summed E-state index contributed by atoms with van der Waals surface area (Å²) in [6.07, 6.45) is 0.134. The molecule has 120 valence electrons. The van der Waals surface area contributed by atoms with Gasteiger partial charge in [0.15, 0.2) is 0 Å². The molecule has 2 aromatic carbocycles. The molecule has 0 aliphatic carbocycles. The van der Waals surface area contributed by atoms with Crippen LogP contribution in [0.1, 0.15) is 11.1 Å². The lowest BCUT2D eigenvalue weighted by atomic mass is 10.1. The predicted octanol–water partition coefficient (Wildman–Crippen LogP) is 3.35. The summed E-state index contributed by atoms with van der Waals surface area (Å²) in [5, 5.41) is 12.6. The van der Waals surface area contributed by atoms with Crippen LogP contribution in [0.3, 0.4) is 0 Å². The largest absolute Gasteiger partial charge is 0.480 e. The summed E-state index contributed by atoms with van der Waals surface area (Å²) in [5.74, 6) is -1.53. The summed E-state index contributed by atoms with van der Waals surface area (Å²) in [4.78, 5) is 23.5. The van der Waals surface area contributed by atoms with Crippen molar-refractivity contribution in [2.24, 2.45) is 0 Å². The highest BCUT2D eigenvalue weighted by molar-refractivity contribution is 6.36. The lowest BCUT2D eigenvalue weighted by molar-refractivity contribution is -0.141. The second-order valence-corrected chi connectivity index (χ2v) is 5.84. The van der Waals surface area contributed by atoms with Crippen LogP contribution in [0.25, 0.3) is 0 Å². The molecule has 2 aromatic rings. The number of aliphatic carboxylic acids is 1. The van der Waals surface area contributed by atoms with Crippen molar-refractivity contribution < 1.29 is 14.7 Å². The Bertz CT molecular complexity index is 684. The molecule has 0 aliphatic rings. The Kier molecular flexibility index (Phi) is 6.02. The minimum atomic E-state index is -1.09. The Balaban J connectivity index is 2.05.